The van der Waals surface area contributed by atoms with Crippen molar-refractivity contribution in [1.82, 2.24) is 10.2 Å². The third kappa shape index (κ3) is 4.41. The van der Waals surface area contributed by atoms with Crippen molar-refractivity contribution in [1.29, 1.82) is 0 Å². The molecule has 0 aromatic heterocycles. The topological polar surface area (TPSA) is 58.6 Å². The highest BCUT2D eigenvalue weighted by Crippen LogP contribution is 2.35. The molecule has 5 nitrogen and oxygen atoms in total. The van der Waals surface area contributed by atoms with Crippen LogP contribution in [0.25, 0.3) is 0 Å². The largest absolute Gasteiger partial charge is 0.381 e. The molecule has 0 spiro atoms. The highest BCUT2D eigenvalue weighted by molar-refractivity contribution is 5.88. The molecule has 0 aliphatic carbocycles. The van der Waals surface area contributed by atoms with Crippen LogP contribution in [0.15, 0.2) is 48.5 Å². The van der Waals surface area contributed by atoms with Crippen molar-refractivity contribution in [3.05, 3.63) is 70.8 Å². The maximum Gasteiger partial charge on any atom is 0.231 e. The van der Waals surface area contributed by atoms with Gasteiger partial charge in [-0.2, -0.15) is 0 Å². The van der Waals surface area contributed by atoms with E-state index in [1.54, 1.807) is 0 Å². The van der Waals surface area contributed by atoms with Gasteiger partial charge in [0.2, 0.25) is 11.8 Å². The number of nitrogens with one attached hydrogen (secondary N) is 1. The molecule has 2 aromatic rings. The minimum Gasteiger partial charge on any atom is -0.381 e. The molecule has 2 heterocycles. The minimum absolute atomic E-state index is 0.0724. The summed E-state index contributed by atoms with van der Waals surface area (Å²) in [6.07, 6.45) is 3.02. The number of carbonyl (C=O) groups excluding carboxylic acids is 2. The molecule has 4 rings (SSSR count). The third-order valence-electron chi connectivity index (χ3n) is 6.37. The van der Waals surface area contributed by atoms with Crippen molar-refractivity contribution < 1.29 is 14.3 Å². The first-order chi connectivity index (χ1) is 14.6. The molecule has 0 unspecified atom stereocenters. The van der Waals surface area contributed by atoms with Crippen LogP contribution in [-0.2, 0) is 32.8 Å². The second-order valence-corrected chi connectivity index (χ2v) is 8.48. The third-order valence-corrected chi connectivity index (χ3v) is 6.37. The van der Waals surface area contributed by atoms with Gasteiger partial charge >= 0.3 is 0 Å². The van der Waals surface area contributed by atoms with Crippen molar-refractivity contribution in [2.24, 2.45) is 0 Å². The highest BCUT2D eigenvalue weighted by Gasteiger charge is 2.41. The van der Waals surface area contributed by atoms with Crippen molar-refractivity contribution in [3.63, 3.8) is 0 Å². The quantitative estimate of drug-likeness (QED) is 0.799. The summed E-state index contributed by atoms with van der Waals surface area (Å²) in [5, 5.41) is 3.17. The van der Waals surface area contributed by atoms with Gasteiger partial charge in [0.1, 0.15) is 0 Å². The number of nitrogens with zero attached hydrogens (tertiary/aromatic N) is 1. The van der Waals surface area contributed by atoms with Gasteiger partial charge in [0.05, 0.1) is 5.41 Å². The average Bonchev–Trinajstić information content (AvgIpc) is 3.18. The van der Waals surface area contributed by atoms with Gasteiger partial charge in [0.15, 0.2) is 0 Å². The van der Waals surface area contributed by atoms with Gasteiger partial charge in [-0.1, -0.05) is 54.1 Å². The number of hydrogen-bond acceptors (Lipinski definition) is 3. The molecule has 0 saturated carbocycles. The standard InChI is InChI=1S/C25H30N2O3/c1-19-4-2-5-22(16-19)25(11-14-30-15-12-25)24(29)26-17-20-7-9-21(10-8-20)18-27-13-3-6-23(27)28/h2,4-5,7-10,16H,3,6,11-15,17-18H2,1H3,(H,26,29). The van der Waals surface area contributed by atoms with Crippen molar-refractivity contribution in [2.45, 2.75) is 51.1 Å². The lowest BCUT2D eigenvalue weighted by Gasteiger charge is -2.36. The van der Waals surface area contributed by atoms with Gasteiger partial charge in [-0.15, -0.1) is 0 Å². The van der Waals surface area contributed by atoms with Crippen LogP contribution in [0.5, 0.6) is 0 Å². The van der Waals surface area contributed by atoms with E-state index in [9.17, 15) is 9.59 Å². The monoisotopic (exact) mass is 406 g/mol. The first kappa shape index (κ1) is 20.6. The van der Waals surface area contributed by atoms with Crippen molar-refractivity contribution in [2.75, 3.05) is 19.8 Å². The van der Waals surface area contributed by atoms with E-state index < -0.39 is 5.41 Å². The Morgan fingerprint density at radius 1 is 1.10 bits per heavy atom. The van der Waals surface area contributed by atoms with E-state index in [0.717, 1.165) is 29.7 Å². The van der Waals surface area contributed by atoms with Crippen LogP contribution in [0.4, 0.5) is 0 Å². The number of hydrogen-bond donors (Lipinski definition) is 1. The van der Waals surface area contributed by atoms with Crippen LogP contribution in [0.2, 0.25) is 0 Å². The van der Waals surface area contributed by atoms with Crippen LogP contribution < -0.4 is 5.32 Å². The number of rotatable bonds is 6. The summed E-state index contributed by atoms with van der Waals surface area (Å²) < 4.78 is 5.56. The SMILES string of the molecule is Cc1cccc(C2(C(=O)NCc3ccc(CN4CCCC4=O)cc3)CCOCC2)c1. The molecular formula is C25H30N2O3. The molecule has 2 amide bonds. The number of aryl methyl sites for hydroxylation is 1. The fraction of sp³-hybridized carbons (Fsp3) is 0.440. The van der Waals surface area contributed by atoms with Gasteiger partial charge in [-0.25, -0.2) is 0 Å². The van der Waals surface area contributed by atoms with Gasteiger partial charge in [0.25, 0.3) is 0 Å². The number of ether oxygens (including phenoxy) is 1. The molecule has 2 saturated heterocycles. The van der Waals surface area contributed by atoms with Crippen LogP contribution in [0.1, 0.15) is 47.9 Å². The average molecular weight is 407 g/mol. The molecule has 30 heavy (non-hydrogen) atoms. The smallest absolute Gasteiger partial charge is 0.231 e. The Kier molecular flexibility index (Phi) is 6.18. The van der Waals surface area contributed by atoms with E-state index in [2.05, 4.69) is 42.6 Å². The second-order valence-electron chi connectivity index (χ2n) is 8.48. The normalized spacial score (nSPS) is 18.4. The van der Waals surface area contributed by atoms with E-state index >= 15 is 0 Å². The number of carbonyl (C=O) groups is 2. The number of likely N-dealkylation sites (tertiary alicyclic amines) is 1. The Morgan fingerprint density at radius 3 is 2.50 bits per heavy atom. The predicted octanol–water partition coefficient (Wildman–Crippen LogP) is 3.48. The fourth-order valence-electron chi connectivity index (χ4n) is 4.52. The van der Waals surface area contributed by atoms with Gasteiger partial charge in [-0.05, 0) is 42.9 Å². The molecule has 2 aliphatic rings. The summed E-state index contributed by atoms with van der Waals surface area (Å²) in [6, 6.07) is 16.5. The first-order valence-corrected chi connectivity index (χ1v) is 10.9. The molecule has 1 N–H and O–H groups in total. The molecule has 0 radical (unpaired) electrons. The maximum absolute atomic E-state index is 13.3. The zero-order chi connectivity index (χ0) is 21.0. The van der Waals surface area contributed by atoms with Crippen LogP contribution in [0.3, 0.4) is 0 Å². The predicted molar refractivity (Wildman–Crippen MR) is 116 cm³/mol. The fourth-order valence-corrected chi connectivity index (χ4v) is 4.52. The summed E-state index contributed by atoms with van der Waals surface area (Å²) in [7, 11) is 0. The lowest BCUT2D eigenvalue weighted by Crippen LogP contribution is -2.47. The summed E-state index contributed by atoms with van der Waals surface area (Å²) in [5.41, 5.74) is 3.90. The zero-order valence-corrected chi connectivity index (χ0v) is 17.7. The highest BCUT2D eigenvalue weighted by atomic mass is 16.5. The van der Waals surface area contributed by atoms with Crippen LogP contribution in [-0.4, -0.2) is 36.5 Å². The van der Waals surface area contributed by atoms with Crippen molar-refractivity contribution >= 4 is 11.8 Å². The Morgan fingerprint density at radius 2 is 1.83 bits per heavy atom. The number of benzene rings is 2. The van der Waals surface area contributed by atoms with E-state index in [-0.39, 0.29) is 11.8 Å². The lowest BCUT2D eigenvalue weighted by molar-refractivity contribution is -0.130. The first-order valence-electron chi connectivity index (χ1n) is 10.9. The van der Waals surface area contributed by atoms with Gasteiger partial charge < -0.3 is 15.0 Å². The van der Waals surface area contributed by atoms with E-state index in [1.165, 1.54) is 5.56 Å². The minimum atomic E-state index is -0.527. The Bertz CT molecular complexity index is 901. The molecule has 158 valence electrons. The van der Waals surface area contributed by atoms with E-state index in [1.807, 2.05) is 23.1 Å². The molecule has 2 aromatic carbocycles. The molecule has 0 atom stereocenters. The van der Waals surface area contributed by atoms with Crippen LogP contribution >= 0.6 is 0 Å². The molecule has 2 aliphatic heterocycles. The molecule has 2 fully saturated rings. The molecule has 5 heteroatoms. The summed E-state index contributed by atoms with van der Waals surface area (Å²) in [5.74, 6) is 0.312. The summed E-state index contributed by atoms with van der Waals surface area (Å²) in [4.78, 5) is 27.0. The molecule has 0 bridgehead atoms. The second kappa shape index (κ2) is 9.00. The molecular weight excluding hydrogens is 376 g/mol. The Hall–Kier alpha value is -2.66. The summed E-state index contributed by atoms with van der Waals surface area (Å²) in [6.45, 7) is 5.28. The lowest BCUT2D eigenvalue weighted by atomic mass is 9.73. The zero-order valence-electron chi connectivity index (χ0n) is 17.7. The number of amides is 2. The van der Waals surface area contributed by atoms with E-state index in [4.69, 9.17) is 4.74 Å². The Balaban J connectivity index is 1.41. The maximum atomic E-state index is 13.3. The van der Waals surface area contributed by atoms with Gasteiger partial charge in [0, 0.05) is 39.3 Å². The van der Waals surface area contributed by atoms with Crippen LogP contribution in [0, 0.1) is 6.92 Å². The Labute approximate surface area is 178 Å². The summed E-state index contributed by atoms with van der Waals surface area (Å²) >= 11 is 0. The van der Waals surface area contributed by atoms with E-state index in [0.29, 0.717) is 45.6 Å². The van der Waals surface area contributed by atoms with Crippen molar-refractivity contribution in [3.8, 4) is 0 Å². The van der Waals surface area contributed by atoms with Gasteiger partial charge in [-0.3, -0.25) is 9.59 Å².